The number of thioether (sulfide) groups is 1. The Hall–Kier alpha value is -3.13. The van der Waals surface area contributed by atoms with Crippen molar-refractivity contribution in [1.82, 2.24) is 20.1 Å². The van der Waals surface area contributed by atoms with Crippen molar-refractivity contribution in [2.75, 3.05) is 11.1 Å². The average Bonchev–Trinajstić information content (AvgIpc) is 3.11. The van der Waals surface area contributed by atoms with E-state index in [0.29, 0.717) is 23.3 Å². The zero-order valence-corrected chi connectivity index (χ0v) is 18.8. The summed E-state index contributed by atoms with van der Waals surface area (Å²) < 4.78 is 1.79. The summed E-state index contributed by atoms with van der Waals surface area (Å²) in [5, 5.41) is 14.8. The number of anilines is 1. The van der Waals surface area contributed by atoms with Gasteiger partial charge in [0.1, 0.15) is 0 Å². The SMILES string of the molecule is CC(C)c1ccccc1NC(=O)CSc1nnc(CNC(=O)Cc2ccccc2)n1C. The second kappa shape index (κ2) is 10.8. The Labute approximate surface area is 186 Å². The smallest absolute Gasteiger partial charge is 0.234 e. The molecule has 0 saturated carbocycles. The molecule has 7 nitrogen and oxygen atoms in total. The van der Waals surface area contributed by atoms with E-state index in [9.17, 15) is 9.59 Å². The van der Waals surface area contributed by atoms with Crippen LogP contribution < -0.4 is 10.6 Å². The minimum atomic E-state index is -0.0983. The number of nitrogens with zero attached hydrogens (tertiary/aromatic N) is 3. The minimum Gasteiger partial charge on any atom is -0.349 e. The van der Waals surface area contributed by atoms with Gasteiger partial charge in [-0.05, 0) is 23.1 Å². The van der Waals surface area contributed by atoms with Crippen LogP contribution in [0.15, 0.2) is 59.8 Å². The Balaban J connectivity index is 1.50. The molecule has 31 heavy (non-hydrogen) atoms. The fraction of sp³-hybridized carbons (Fsp3) is 0.304. The first-order valence-electron chi connectivity index (χ1n) is 10.1. The van der Waals surface area contributed by atoms with Crippen LogP contribution in [0.25, 0.3) is 0 Å². The molecule has 0 fully saturated rings. The number of hydrogen-bond acceptors (Lipinski definition) is 5. The van der Waals surface area contributed by atoms with E-state index in [0.717, 1.165) is 16.8 Å². The lowest BCUT2D eigenvalue weighted by Crippen LogP contribution is -2.26. The maximum Gasteiger partial charge on any atom is 0.234 e. The average molecular weight is 438 g/mol. The fourth-order valence-electron chi connectivity index (χ4n) is 3.08. The van der Waals surface area contributed by atoms with Gasteiger partial charge in [-0.2, -0.15) is 0 Å². The highest BCUT2D eigenvalue weighted by Gasteiger charge is 2.14. The maximum atomic E-state index is 12.4. The molecule has 2 N–H and O–H groups in total. The van der Waals surface area contributed by atoms with Crippen LogP contribution in [0, 0.1) is 0 Å². The highest BCUT2D eigenvalue weighted by Crippen LogP contribution is 2.24. The van der Waals surface area contributed by atoms with Crippen molar-refractivity contribution in [1.29, 1.82) is 0 Å². The number of amides is 2. The van der Waals surface area contributed by atoms with Gasteiger partial charge in [0.25, 0.3) is 0 Å². The highest BCUT2D eigenvalue weighted by atomic mass is 32.2. The largest absolute Gasteiger partial charge is 0.349 e. The van der Waals surface area contributed by atoms with Crippen LogP contribution in [0.4, 0.5) is 5.69 Å². The first-order valence-corrected chi connectivity index (χ1v) is 11.1. The topological polar surface area (TPSA) is 88.9 Å². The van der Waals surface area contributed by atoms with Crippen LogP contribution in [-0.4, -0.2) is 32.3 Å². The Kier molecular flexibility index (Phi) is 7.83. The van der Waals surface area contributed by atoms with Gasteiger partial charge in [-0.25, -0.2) is 0 Å². The third-order valence-corrected chi connectivity index (χ3v) is 5.79. The maximum absolute atomic E-state index is 12.4. The lowest BCUT2D eigenvalue weighted by molar-refractivity contribution is -0.120. The lowest BCUT2D eigenvalue weighted by Gasteiger charge is -2.13. The number of nitrogens with one attached hydrogen (secondary N) is 2. The summed E-state index contributed by atoms with van der Waals surface area (Å²) in [5.74, 6) is 1.00. The zero-order valence-electron chi connectivity index (χ0n) is 18.0. The Morgan fingerprint density at radius 3 is 2.45 bits per heavy atom. The number of rotatable bonds is 9. The molecule has 2 amide bonds. The number of aromatic nitrogens is 3. The summed E-state index contributed by atoms with van der Waals surface area (Å²) >= 11 is 1.31. The molecule has 0 unspecified atom stereocenters. The van der Waals surface area contributed by atoms with Crippen molar-refractivity contribution in [2.45, 2.75) is 37.9 Å². The normalized spacial score (nSPS) is 10.8. The van der Waals surface area contributed by atoms with Crippen molar-refractivity contribution in [3.05, 3.63) is 71.5 Å². The standard InChI is InChI=1S/C23H27N5O2S/c1-16(2)18-11-7-8-12-19(18)25-22(30)15-31-23-27-26-20(28(23)3)14-24-21(29)13-17-9-5-4-6-10-17/h4-12,16H,13-15H2,1-3H3,(H,24,29)(H,25,30). The number of benzene rings is 2. The fourth-order valence-corrected chi connectivity index (χ4v) is 3.81. The summed E-state index contributed by atoms with van der Waals surface area (Å²) in [7, 11) is 1.83. The first kappa shape index (κ1) is 22.6. The van der Waals surface area contributed by atoms with Gasteiger partial charge in [-0.15, -0.1) is 10.2 Å². The molecule has 162 valence electrons. The molecule has 0 aliphatic rings. The van der Waals surface area contributed by atoms with Crippen LogP contribution in [-0.2, 0) is 29.6 Å². The number of para-hydroxylation sites is 1. The van der Waals surface area contributed by atoms with Gasteiger partial charge in [0.2, 0.25) is 11.8 Å². The van der Waals surface area contributed by atoms with Gasteiger partial charge in [-0.3, -0.25) is 9.59 Å². The van der Waals surface area contributed by atoms with E-state index >= 15 is 0 Å². The van der Waals surface area contributed by atoms with Crippen molar-refractivity contribution in [2.24, 2.45) is 7.05 Å². The first-order chi connectivity index (χ1) is 14.9. The molecule has 3 rings (SSSR count). The van der Waals surface area contributed by atoms with Gasteiger partial charge >= 0.3 is 0 Å². The highest BCUT2D eigenvalue weighted by molar-refractivity contribution is 7.99. The summed E-state index contributed by atoms with van der Waals surface area (Å²) in [6, 6.07) is 17.4. The van der Waals surface area contributed by atoms with E-state index in [4.69, 9.17) is 0 Å². The molecule has 0 saturated heterocycles. The van der Waals surface area contributed by atoms with Crippen molar-refractivity contribution < 1.29 is 9.59 Å². The van der Waals surface area contributed by atoms with Crippen molar-refractivity contribution in [3.63, 3.8) is 0 Å². The Morgan fingerprint density at radius 1 is 1.00 bits per heavy atom. The predicted octanol–water partition coefficient (Wildman–Crippen LogP) is 3.53. The van der Waals surface area contributed by atoms with E-state index in [-0.39, 0.29) is 24.1 Å². The molecular weight excluding hydrogens is 410 g/mol. The molecule has 0 radical (unpaired) electrons. The van der Waals surface area contributed by atoms with Crippen molar-refractivity contribution >= 4 is 29.3 Å². The van der Waals surface area contributed by atoms with Crippen molar-refractivity contribution in [3.8, 4) is 0 Å². The second-order valence-corrected chi connectivity index (χ2v) is 8.42. The number of hydrogen-bond donors (Lipinski definition) is 2. The lowest BCUT2D eigenvalue weighted by atomic mass is 10.0. The molecule has 8 heteroatoms. The van der Waals surface area contributed by atoms with Gasteiger partial charge in [-0.1, -0.05) is 74.1 Å². The number of carbonyl (C=O) groups is 2. The molecule has 1 heterocycles. The molecule has 0 atom stereocenters. The summed E-state index contributed by atoms with van der Waals surface area (Å²) in [4.78, 5) is 24.6. The monoisotopic (exact) mass is 437 g/mol. The van der Waals surface area contributed by atoms with E-state index in [1.165, 1.54) is 11.8 Å². The van der Waals surface area contributed by atoms with Gasteiger partial charge < -0.3 is 15.2 Å². The predicted molar refractivity (Wildman–Crippen MR) is 123 cm³/mol. The van der Waals surface area contributed by atoms with Crippen LogP contribution in [0.2, 0.25) is 0 Å². The van der Waals surface area contributed by atoms with Crippen LogP contribution in [0.5, 0.6) is 0 Å². The van der Waals surface area contributed by atoms with Crippen LogP contribution >= 0.6 is 11.8 Å². The molecule has 3 aromatic rings. The summed E-state index contributed by atoms with van der Waals surface area (Å²) in [5.41, 5.74) is 2.90. The van der Waals surface area contributed by atoms with Crippen LogP contribution in [0.3, 0.4) is 0 Å². The molecule has 0 aliphatic heterocycles. The third kappa shape index (κ3) is 6.42. The Morgan fingerprint density at radius 2 is 1.71 bits per heavy atom. The minimum absolute atomic E-state index is 0.0772. The zero-order chi connectivity index (χ0) is 22.2. The van der Waals surface area contributed by atoms with Gasteiger partial charge in [0.05, 0.1) is 18.7 Å². The van der Waals surface area contributed by atoms with E-state index < -0.39 is 0 Å². The Bertz CT molecular complexity index is 1030. The quantitative estimate of drug-likeness (QED) is 0.500. The van der Waals surface area contributed by atoms with Crippen LogP contribution in [0.1, 0.15) is 36.7 Å². The van der Waals surface area contributed by atoms with Gasteiger partial charge in [0.15, 0.2) is 11.0 Å². The third-order valence-electron chi connectivity index (χ3n) is 4.77. The van der Waals surface area contributed by atoms with E-state index in [2.05, 4.69) is 34.7 Å². The molecule has 0 spiro atoms. The van der Waals surface area contributed by atoms with E-state index in [1.807, 2.05) is 61.6 Å². The molecular formula is C23H27N5O2S. The molecule has 1 aromatic heterocycles. The number of carbonyl (C=O) groups excluding carboxylic acids is 2. The summed E-state index contributed by atoms with van der Waals surface area (Å²) in [6.45, 7) is 4.47. The second-order valence-electron chi connectivity index (χ2n) is 7.48. The summed E-state index contributed by atoms with van der Waals surface area (Å²) in [6.07, 6.45) is 0.318. The molecule has 2 aromatic carbocycles. The van der Waals surface area contributed by atoms with E-state index in [1.54, 1.807) is 4.57 Å². The van der Waals surface area contributed by atoms with Gasteiger partial charge in [0, 0.05) is 12.7 Å². The molecule has 0 aliphatic carbocycles. The molecule has 0 bridgehead atoms.